The fourth-order valence-corrected chi connectivity index (χ4v) is 3.64. The molecule has 1 aromatic heterocycles. The average molecular weight is 529 g/mol. The van der Waals surface area contributed by atoms with Crippen LogP contribution in [-0.2, 0) is 9.59 Å². The Morgan fingerprint density at radius 2 is 1.76 bits per heavy atom. The van der Waals surface area contributed by atoms with Crippen molar-refractivity contribution >= 4 is 38.8 Å². The summed E-state index contributed by atoms with van der Waals surface area (Å²) in [4.78, 5) is 29.4. The predicted octanol–water partition coefficient (Wildman–Crippen LogP) is 5.91. The Balaban J connectivity index is 0.000000440. The molecule has 2 aromatic carbocycles. The van der Waals surface area contributed by atoms with E-state index in [0.717, 1.165) is 46.9 Å². The molecule has 3 aromatic rings. The minimum atomic E-state index is -1.26. The van der Waals surface area contributed by atoms with E-state index in [-0.39, 0.29) is 0 Å². The standard InChI is InChI=1S/C22H25BrN2O.C4H4O4/c1-3-17(18-8-11-20(23)12-9-18)7-5-15-25(2)26-21-13-10-19-6-4-14-24-22(19)16-21;5-3(6)1-2-4(7)8/h4,6,8-14,16-17H,3,5,7,15H2,1-2H3;1-2H,(H,5,6)(H,7,8). The smallest absolute Gasteiger partial charge is 0.328 e. The third kappa shape index (κ3) is 9.72. The Morgan fingerprint density at radius 3 is 2.38 bits per heavy atom. The number of hydrogen-bond acceptors (Lipinski definition) is 5. The normalized spacial score (nSPS) is 11.8. The summed E-state index contributed by atoms with van der Waals surface area (Å²) in [7, 11) is 1.99. The van der Waals surface area contributed by atoms with E-state index in [9.17, 15) is 9.59 Å². The van der Waals surface area contributed by atoms with Crippen molar-refractivity contribution in [3.05, 3.63) is 83.0 Å². The molecule has 0 saturated carbocycles. The molecule has 1 unspecified atom stereocenters. The molecule has 0 saturated heterocycles. The van der Waals surface area contributed by atoms with Gasteiger partial charge in [0, 0.05) is 47.9 Å². The first-order valence-electron chi connectivity index (χ1n) is 10.9. The summed E-state index contributed by atoms with van der Waals surface area (Å²) in [5.74, 6) is -1.08. The van der Waals surface area contributed by atoms with E-state index in [1.165, 1.54) is 5.56 Å². The lowest BCUT2D eigenvalue weighted by Crippen LogP contribution is -2.24. The molecule has 0 amide bonds. The topological polar surface area (TPSA) is 100.0 Å². The van der Waals surface area contributed by atoms with Crippen LogP contribution in [0.4, 0.5) is 0 Å². The molecule has 34 heavy (non-hydrogen) atoms. The number of carbonyl (C=O) groups is 2. The first kappa shape index (κ1) is 27.0. The second-order valence-corrected chi connectivity index (χ2v) is 8.53. The summed E-state index contributed by atoms with van der Waals surface area (Å²) in [5.41, 5.74) is 2.37. The number of aromatic nitrogens is 1. The van der Waals surface area contributed by atoms with E-state index in [4.69, 9.17) is 15.1 Å². The van der Waals surface area contributed by atoms with Gasteiger partial charge in [0.1, 0.15) is 5.75 Å². The summed E-state index contributed by atoms with van der Waals surface area (Å²) in [5, 5.41) is 18.7. The van der Waals surface area contributed by atoms with Gasteiger partial charge in [-0.25, -0.2) is 9.59 Å². The van der Waals surface area contributed by atoms with E-state index in [0.29, 0.717) is 18.1 Å². The number of rotatable bonds is 10. The molecule has 7 nitrogen and oxygen atoms in total. The number of carboxylic acid groups (broad SMARTS) is 2. The summed E-state index contributed by atoms with van der Waals surface area (Å²) in [6, 6.07) is 18.7. The zero-order chi connectivity index (χ0) is 24.9. The first-order chi connectivity index (χ1) is 16.3. The Labute approximate surface area is 207 Å². The van der Waals surface area contributed by atoms with Crippen molar-refractivity contribution in [1.82, 2.24) is 10.0 Å². The Bertz CT molecular complexity index is 1090. The quantitative estimate of drug-likeness (QED) is 0.249. The van der Waals surface area contributed by atoms with Crippen LogP contribution in [0.1, 0.15) is 37.7 Å². The monoisotopic (exact) mass is 528 g/mol. The van der Waals surface area contributed by atoms with E-state index in [2.05, 4.69) is 58.2 Å². The molecular formula is C26H29BrN2O5. The van der Waals surface area contributed by atoms with Gasteiger partial charge in [0.15, 0.2) is 0 Å². The molecule has 180 valence electrons. The highest BCUT2D eigenvalue weighted by Crippen LogP contribution is 2.26. The van der Waals surface area contributed by atoms with E-state index >= 15 is 0 Å². The van der Waals surface area contributed by atoms with Crippen LogP contribution in [0.25, 0.3) is 10.9 Å². The maximum absolute atomic E-state index is 9.55. The number of hydrogen-bond donors (Lipinski definition) is 2. The maximum Gasteiger partial charge on any atom is 0.328 e. The van der Waals surface area contributed by atoms with Gasteiger partial charge in [0.05, 0.1) is 5.52 Å². The largest absolute Gasteiger partial charge is 0.478 e. The summed E-state index contributed by atoms with van der Waals surface area (Å²) < 4.78 is 1.13. The number of nitrogens with zero attached hydrogens (tertiary/aromatic N) is 2. The van der Waals surface area contributed by atoms with Crippen molar-refractivity contribution in [2.24, 2.45) is 0 Å². The lowest BCUT2D eigenvalue weighted by Gasteiger charge is -2.20. The summed E-state index contributed by atoms with van der Waals surface area (Å²) in [6.45, 7) is 3.16. The number of carboxylic acids is 2. The maximum atomic E-state index is 9.55. The number of benzene rings is 2. The lowest BCUT2D eigenvalue weighted by atomic mass is 9.92. The van der Waals surface area contributed by atoms with Crippen molar-refractivity contribution in [2.45, 2.75) is 32.1 Å². The van der Waals surface area contributed by atoms with Crippen LogP contribution in [-0.4, -0.2) is 45.8 Å². The van der Waals surface area contributed by atoms with Gasteiger partial charge in [-0.05, 0) is 61.1 Å². The van der Waals surface area contributed by atoms with E-state index in [1.807, 2.05) is 42.6 Å². The molecule has 0 aliphatic rings. The van der Waals surface area contributed by atoms with Crippen molar-refractivity contribution in [3.8, 4) is 5.75 Å². The van der Waals surface area contributed by atoms with E-state index < -0.39 is 11.9 Å². The van der Waals surface area contributed by atoms with Gasteiger partial charge < -0.3 is 15.1 Å². The minimum absolute atomic E-state index is 0.558. The van der Waals surface area contributed by atoms with Crippen molar-refractivity contribution < 1.29 is 24.6 Å². The highest BCUT2D eigenvalue weighted by atomic mass is 79.9. The molecule has 1 atom stereocenters. The molecule has 8 heteroatoms. The Hall–Kier alpha value is -3.23. The fraction of sp³-hybridized carbons (Fsp3) is 0.269. The van der Waals surface area contributed by atoms with Gasteiger partial charge in [-0.3, -0.25) is 4.98 Å². The first-order valence-corrected chi connectivity index (χ1v) is 11.7. The predicted molar refractivity (Wildman–Crippen MR) is 136 cm³/mol. The number of aliphatic carboxylic acids is 2. The molecule has 1 heterocycles. The van der Waals surface area contributed by atoms with Crippen LogP contribution in [0, 0.1) is 0 Å². The van der Waals surface area contributed by atoms with E-state index in [1.54, 1.807) is 0 Å². The van der Waals surface area contributed by atoms with Gasteiger partial charge in [-0.2, -0.15) is 0 Å². The van der Waals surface area contributed by atoms with Gasteiger partial charge >= 0.3 is 11.9 Å². The number of pyridine rings is 1. The molecule has 0 fully saturated rings. The number of halogens is 1. The SMILES string of the molecule is CCC(CCCN(C)Oc1ccc2cccnc2c1)c1ccc(Br)cc1.O=C(O)C=CC(=O)O. The van der Waals surface area contributed by atoms with Crippen molar-refractivity contribution in [3.63, 3.8) is 0 Å². The Morgan fingerprint density at radius 1 is 1.09 bits per heavy atom. The molecule has 2 N–H and O–H groups in total. The summed E-state index contributed by atoms with van der Waals surface area (Å²) in [6.07, 6.45) is 6.33. The molecule has 0 spiro atoms. The Kier molecular flexibility index (Phi) is 11.2. The zero-order valence-electron chi connectivity index (χ0n) is 19.2. The van der Waals surface area contributed by atoms with Gasteiger partial charge in [-0.15, -0.1) is 5.06 Å². The van der Waals surface area contributed by atoms with Crippen LogP contribution in [0.2, 0.25) is 0 Å². The van der Waals surface area contributed by atoms with Crippen LogP contribution < -0.4 is 4.84 Å². The molecule has 0 radical (unpaired) electrons. The molecule has 3 rings (SSSR count). The van der Waals surface area contributed by atoms with Gasteiger partial charge in [0.25, 0.3) is 0 Å². The van der Waals surface area contributed by atoms with Crippen LogP contribution in [0.3, 0.4) is 0 Å². The number of fused-ring (bicyclic) bond motifs is 1. The minimum Gasteiger partial charge on any atom is -0.478 e. The molecule has 0 aliphatic heterocycles. The van der Waals surface area contributed by atoms with Gasteiger partial charge in [0.2, 0.25) is 0 Å². The third-order valence-corrected chi connectivity index (χ3v) is 5.60. The highest BCUT2D eigenvalue weighted by molar-refractivity contribution is 9.10. The summed E-state index contributed by atoms with van der Waals surface area (Å²) >= 11 is 3.51. The van der Waals surface area contributed by atoms with Gasteiger partial charge in [-0.1, -0.05) is 41.1 Å². The highest BCUT2D eigenvalue weighted by Gasteiger charge is 2.10. The lowest BCUT2D eigenvalue weighted by molar-refractivity contribution is -0.134. The van der Waals surface area contributed by atoms with Crippen LogP contribution in [0.15, 0.2) is 77.4 Å². The molecule has 0 bridgehead atoms. The fourth-order valence-electron chi connectivity index (χ4n) is 3.37. The average Bonchev–Trinajstić information content (AvgIpc) is 2.81. The zero-order valence-corrected chi connectivity index (χ0v) is 20.8. The second kappa shape index (κ2) is 14.1. The molecular weight excluding hydrogens is 500 g/mol. The number of hydroxylamine groups is 2. The van der Waals surface area contributed by atoms with Crippen LogP contribution >= 0.6 is 15.9 Å². The van der Waals surface area contributed by atoms with Crippen molar-refractivity contribution in [2.75, 3.05) is 13.6 Å². The van der Waals surface area contributed by atoms with Crippen LogP contribution in [0.5, 0.6) is 5.75 Å². The molecule has 0 aliphatic carbocycles. The third-order valence-electron chi connectivity index (χ3n) is 5.07. The second-order valence-electron chi connectivity index (χ2n) is 7.61. The van der Waals surface area contributed by atoms with Crippen molar-refractivity contribution in [1.29, 1.82) is 0 Å².